The molecule has 0 bridgehead atoms. The first kappa shape index (κ1) is 18.7. The number of hydrogen-bond acceptors (Lipinski definition) is 3. The number of nitrogens with zero attached hydrogens (tertiary/aromatic N) is 2. The third-order valence-corrected chi connectivity index (χ3v) is 5.18. The lowest BCUT2D eigenvalue weighted by atomic mass is 10.2. The van der Waals surface area contributed by atoms with E-state index in [-0.39, 0.29) is 5.91 Å². The van der Waals surface area contributed by atoms with Crippen molar-refractivity contribution in [2.75, 3.05) is 39.3 Å². The minimum absolute atomic E-state index is 0.0262. The second-order valence-electron chi connectivity index (χ2n) is 7.11. The van der Waals surface area contributed by atoms with Gasteiger partial charge in [0, 0.05) is 49.8 Å². The van der Waals surface area contributed by atoms with Crippen LogP contribution >= 0.6 is 0 Å². The molecule has 5 nitrogen and oxygen atoms in total. The van der Waals surface area contributed by atoms with E-state index < -0.39 is 0 Å². The van der Waals surface area contributed by atoms with E-state index in [0.29, 0.717) is 0 Å². The highest BCUT2D eigenvalue weighted by molar-refractivity contribution is 5.95. The highest BCUT2D eigenvalue weighted by Gasteiger charge is 2.17. The lowest BCUT2D eigenvalue weighted by molar-refractivity contribution is 0.0950. The Morgan fingerprint density at radius 2 is 1.88 bits per heavy atom. The Morgan fingerprint density at radius 1 is 1.15 bits per heavy atom. The van der Waals surface area contributed by atoms with Crippen LogP contribution in [-0.2, 0) is 0 Å². The number of hydrogen-bond donors (Lipinski definition) is 2. The van der Waals surface area contributed by atoms with Crippen molar-refractivity contribution < 1.29 is 4.79 Å². The molecule has 2 heterocycles. The van der Waals surface area contributed by atoms with Gasteiger partial charge in [0.05, 0.1) is 5.56 Å². The predicted molar refractivity (Wildman–Crippen MR) is 106 cm³/mol. The molecule has 140 valence electrons. The standard InChI is InChI=1S/C21H30N4O/c1-16-7-4-5-8-20(16)25-17(2)15-19(18(25)3)21(26)23-9-6-12-24-13-10-22-11-14-24/h4-5,7-8,15,22H,6,9-14H2,1-3H3,(H,23,26). The van der Waals surface area contributed by atoms with Gasteiger partial charge in [-0.3, -0.25) is 4.79 Å². The van der Waals surface area contributed by atoms with Gasteiger partial charge < -0.3 is 20.1 Å². The van der Waals surface area contributed by atoms with E-state index in [2.05, 4.69) is 46.1 Å². The molecule has 1 aliphatic rings. The molecule has 1 aliphatic heterocycles. The average Bonchev–Trinajstić information content (AvgIpc) is 2.94. The molecule has 26 heavy (non-hydrogen) atoms. The van der Waals surface area contributed by atoms with Crippen molar-refractivity contribution in [1.29, 1.82) is 0 Å². The number of amides is 1. The Kier molecular flexibility index (Phi) is 6.12. The molecule has 5 heteroatoms. The molecule has 2 aromatic rings. The van der Waals surface area contributed by atoms with Gasteiger partial charge >= 0.3 is 0 Å². The van der Waals surface area contributed by atoms with Crippen LogP contribution in [0.15, 0.2) is 30.3 Å². The van der Waals surface area contributed by atoms with Gasteiger partial charge in [-0.15, -0.1) is 0 Å². The quantitative estimate of drug-likeness (QED) is 0.784. The van der Waals surface area contributed by atoms with Gasteiger partial charge in [-0.05, 0) is 51.4 Å². The molecule has 1 fully saturated rings. The summed E-state index contributed by atoms with van der Waals surface area (Å²) in [5.41, 5.74) is 5.20. The molecule has 0 unspecified atom stereocenters. The Labute approximate surface area is 156 Å². The molecule has 2 N–H and O–H groups in total. The van der Waals surface area contributed by atoms with Crippen molar-refractivity contribution >= 4 is 5.91 Å². The number of nitrogens with one attached hydrogen (secondary N) is 2. The van der Waals surface area contributed by atoms with Crippen LogP contribution in [0.25, 0.3) is 5.69 Å². The van der Waals surface area contributed by atoms with Crippen LogP contribution in [0.3, 0.4) is 0 Å². The number of rotatable bonds is 6. The van der Waals surface area contributed by atoms with Crippen molar-refractivity contribution in [2.24, 2.45) is 0 Å². The monoisotopic (exact) mass is 354 g/mol. The SMILES string of the molecule is Cc1ccccc1-n1c(C)cc(C(=O)NCCCN2CCNCC2)c1C. The number of piperazine rings is 1. The van der Waals surface area contributed by atoms with Gasteiger partial charge in [0.2, 0.25) is 0 Å². The molecular weight excluding hydrogens is 324 g/mol. The van der Waals surface area contributed by atoms with Gasteiger partial charge in [0.25, 0.3) is 5.91 Å². The minimum Gasteiger partial charge on any atom is -0.352 e. The third-order valence-electron chi connectivity index (χ3n) is 5.18. The number of carbonyl (C=O) groups is 1. The molecule has 0 saturated carbocycles. The van der Waals surface area contributed by atoms with E-state index >= 15 is 0 Å². The first-order valence-corrected chi connectivity index (χ1v) is 9.54. The maximum Gasteiger partial charge on any atom is 0.253 e. The summed E-state index contributed by atoms with van der Waals surface area (Å²) in [7, 11) is 0. The topological polar surface area (TPSA) is 49.3 Å². The molecule has 0 aliphatic carbocycles. The van der Waals surface area contributed by atoms with E-state index in [4.69, 9.17) is 0 Å². The average molecular weight is 354 g/mol. The molecule has 1 saturated heterocycles. The van der Waals surface area contributed by atoms with Crippen LogP contribution < -0.4 is 10.6 Å². The van der Waals surface area contributed by atoms with E-state index in [0.717, 1.165) is 68.3 Å². The number of aryl methyl sites for hydroxylation is 2. The lowest BCUT2D eigenvalue weighted by Gasteiger charge is -2.27. The van der Waals surface area contributed by atoms with E-state index in [1.54, 1.807) is 0 Å². The summed E-state index contributed by atoms with van der Waals surface area (Å²) in [5.74, 6) is 0.0262. The molecule has 3 rings (SSSR count). The molecular formula is C21H30N4O. The zero-order chi connectivity index (χ0) is 18.5. The summed E-state index contributed by atoms with van der Waals surface area (Å²) in [6.45, 7) is 12.3. The maximum atomic E-state index is 12.7. The summed E-state index contributed by atoms with van der Waals surface area (Å²) in [5, 5.41) is 6.45. The summed E-state index contributed by atoms with van der Waals surface area (Å²) in [6, 6.07) is 10.3. The van der Waals surface area contributed by atoms with Crippen molar-refractivity contribution in [3.05, 3.63) is 52.8 Å². The zero-order valence-corrected chi connectivity index (χ0v) is 16.1. The van der Waals surface area contributed by atoms with Crippen LogP contribution in [0.5, 0.6) is 0 Å². The summed E-state index contributed by atoms with van der Waals surface area (Å²) >= 11 is 0. The summed E-state index contributed by atoms with van der Waals surface area (Å²) in [4.78, 5) is 15.1. The highest BCUT2D eigenvalue weighted by Crippen LogP contribution is 2.23. The van der Waals surface area contributed by atoms with Gasteiger partial charge in [0.15, 0.2) is 0 Å². The molecule has 1 amide bonds. The first-order chi connectivity index (χ1) is 12.6. The zero-order valence-electron chi connectivity index (χ0n) is 16.1. The summed E-state index contributed by atoms with van der Waals surface area (Å²) in [6.07, 6.45) is 0.988. The van der Waals surface area contributed by atoms with E-state index in [1.165, 1.54) is 5.56 Å². The van der Waals surface area contributed by atoms with E-state index in [9.17, 15) is 4.79 Å². The fourth-order valence-corrected chi connectivity index (χ4v) is 3.71. The van der Waals surface area contributed by atoms with Crippen molar-refractivity contribution in [1.82, 2.24) is 20.1 Å². The van der Waals surface area contributed by atoms with Crippen molar-refractivity contribution in [2.45, 2.75) is 27.2 Å². The molecule has 0 spiro atoms. The van der Waals surface area contributed by atoms with Gasteiger partial charge in [-0.2, -0.15) is 0 Å². The fraction of sp³-hybridized carbons (Fsp3) is 0.476. The Hall–Kier alpha value is -2.11. The second-order valence-corrected chi connectivity index (χ2v) is 7.11. The van der Waals surface area contributed by atoms with Crippen LogP contribution in [0.2, 0.25) is 0 Å². The van der Waals surface area contributed by atoms with Crippen LogP contribution in [0, 0.1) is 20.8 Å². The Morgan fingerprint density at radius 3 is 2.62 bits per heavy atom. The van der Waals surface area contributed by atoms with Gasteiger partial charge in [-0.1, -0.05) is 18.2 Å². The smallest absolute Gasteiger partial charge is 0.253 e. The number of carbonyl (C=O) groups excluding carboxylic acids is 1. The molecule has 1 aromatic heterocycles. The van der Waals surface area contributed by atoms with E-state index in [1.807, 2.05) is 25.1 Å². The minimum atomic E-state index is 0.0262. The number of aromatic nitrogens is 1. The van der Waals surface area contributed by atoms with Crippen LogP contribution in [-0.4, -0.2) is 54.6 Å². The Bertz CT molecular complexity index is 759. The van der Waals surface area contributed by atoms with Gasteiger partial charge in [0.1, 0.15) is 0 Å². The largest absolute Gasteiger partial charge is 0.352 e. The van der Waals surface area contributed by atoms with Crippen molar-refractivity contribution in [3.8, 4) is 5.69 Å². The lowest BCUT2D eigenvalue weighted by Crippen LogP contribution is -2.44. The first-order valence-electron chi connectivity index (χ1n) is 9.54. The Balaban J connectivity index is 1.61. The second kappa shape index (κ2) is 8.52. The maximum absolute atomic E-state index is 12.7. The normalized spacial score (nSPS) is 15.2. The highest BCUT2D eigenvalue weighted by atomic mass is 16.1. The van der Waals surface area contributed by atoms with Crippen LogP contribution in [0.4, 0.5) is 0 Å². The fourth-order valence-electron chi connectivity index (χ4n) is 3.71. The summed E-state index contributed by atoms with van der Waals surface area (Å²) < 4.78 is 2.17. The number of para-hydroxylation sites is 1. The van der Waals surface area contributed by atoms with Crippen LogP contribution in [0.1, 0.15) is 33.7 Å². The van der Waals surface area contributed by atoms with Crippen molar-refractivity contribution in [3.63, 3.8) is 0 Å². The predicted octanol–water partition coefficient (Wildman–Crippen LogP) is 2.43. The number of benzene rings is 1. The molecule has 1 aromatic carbocycles. The molecule has 0 atom stereocenters. The molecule has 0 radical (unpaired) electrons. The third kappa shape index (κ3) is 4.17. The van der Waals surface area contributed by atoms with Gasteiger partial charge in [-0.25, -0.2) is 0 Å².